The summed E-state index contributed by atoms with van der Waals surface area (Å²) in [7, 11) is 0. The number of para-hydroxylation sites is 1. The van der Waals surface area contributed by atoms with E-state index in [-0.39, 0.29) is 11.6 Å². The summed E-state index contributed by atoms with van der Waals surface area (Å²) in [6, 6.07) is 15.0. The fourth-order valence-electron chi connectivity index (χ4n) is 3.77. The number of hydrogen-bond acceptors (Lipinski definition) is 3. The van der Waals surface area contributed by atoms with Crippen LogP contribution in [0.5, 0.6) is 0 Å². The fourth-order valence-corrected chi connectivity index (χ4v) is 4.23. The molecule has 2 aromatic carbocycles. The number of fused-ring (bicyclic) bond motifs is 1. The maximum Gasteiger partial charge on any atom is 0.598 e. The van der Waals surface area contributed by atoms with Crippen LogP contribution in [0, 0.1) is 0 Å². The average Bonchev–Trinajstić information content (AvgIpc) is 3.29. The Bertz CT molecular complexity index is 959. The number of H-pyrrole nitrogens is 1. The molecule has 148 valence electrons. The summed E-state index contributed by atoms with van der Waals surface area (Å²) >= 11 is -3.10. The van der Waals surface area contributed by atoms with Crippen LogP contribution in [0.25, 0.3) is 10.9 Å². The van der Waals surface area contributed by atoms with Crippen LogP contribution in [0.3, 0.4) is 0 Å². The first-order valence-corrected chi connectivity index (χ1v) is 10.2. The zero-order valence-electron chi connectivity index (χ0n) is 15.0. The summed E-state index contributed by atoms with van der Waals surface area (Å²) in [5.74, 6) is 0.242. The number of aromatic nitrogens is 1. The van der Waals surface area contributed by atoms with E-state index in [4.69, 9.17) is 0 Å². The van der Waals surface area contributed by atoms with Crippen molar-refractivity contribution in [1.29, 1.82) is 0 Å². The summed E-state index contributed by atoms with van der Waals surface area (Å²) in [4.78, 5) is 5.64. The number of likely N-dealkylation sites (tertiary alicyclic amines) is 1. The molecule has 0 aliphatic carbocycles. The summed E-state index contributed by atoms with van der Waals surface area (Å²) < 4.78 is 50.8. The van der Waals surface area contributed by atoms with Crippen molar-refractivity contribution < 1.29 is 17.7 Å². The van der Waals surface area contributed by atoms with Gasteiger partial charge in [0.1, 0.15) is 0 Å². The lowest BCUT2D eigenvalue weighted by molar-refractivity contribution is -0.0428. The van der Waals surface area contributed by atoms with Crippen LogP contribution in [0.4, 0.5) is 18.9 Å². The number of halogens is 3. The van der Waals surface area contributed by atoms with Gasteiger partial charge in [0.15, 0.2) is 11.4 Å². The molecular weight excluding hydrogens is 387 g/mol. The second kappa shape index (κ2) is 7.69. The van der Waals surface area contributed by atoms with Gasteiger partial charge in [-0.2, -0.15) is 0 Å². The van der Waals surface area contributed by atoms with Gasteiger partial charge in [-0.25, -0.2) is 4.72 Å². The van der Waals surface area contributed by atoms with E-state index in [1.807, 2.05) is 29.1 Å². The quantitative estimate of drug-likeness (QED) is 0.600. The molecule has 0 spiro atoms. The van der Waals surface area contributed by atoms with E-state index in [1.54, 1.807) is 12.1 Å². The lowest BCUT2D eigenvalue weighted by Crippen LogP contribution is -2.29. The number of anilines is 1. The molecular formula is C20H20F3N3OS. The van der Waals surface area contributed by atoms with Gasteiger partial charge in [0.25, 0.3) is 0 Å². The van der Waals surface area contributed by atoms with Crippen LogP contribution in [-0.2, 0) is 17.9 Å². The number of alkyl halides is 3. The third kappa shape index (κ3) is 4.14. The first kappa shape index (κ1) is 19.2. The maximum atomic E-state index is 12.5. The lowest BCUT2D eigenvalue weighted by Gasteiger charge is -2.17. The molecule has 2 heterocycles. The molecule has 2 unspecified atom stereocenters. The van der Waals surface area contributed by atoms with E-state index < -0.39 is 16.9 Å². The Morgan fingerprint density at radius 2 is 2.00 bits per heavy atom. The normalized spacial score (nSPS) is 19.2. The molecule has 1 aliphatic heterocycles. The molecule has 1 aliphatic rings. The molecule has 1 aromatic heterocycles. The number of nitrogens with zero attached hydrogens (tertiary/aromatic N) is 1. The van der Waals surface area contributed by atoms with Crippen molar-refractivity contribution in [1.82, 2.24) is 9.88 Å². The Hall–Kier alpha value is -2.16. The number of rotatable bonds is 5. The predicted octanol–water partition coefficient (Wildman–Crippen LogP) is 4.75. The van der Waals surface area contributed by atoms with Gasteiger partial charge in [0.05, 0.1) is 5.69 Å². The first-order valence-electron chi connectivity index (χ1n) is 9.03. The summed E-state index contributed by atoms with van der Waals surface area (Å²) in [6.45, 7) is 2.60. The number of aromatic amines is 1. The average molecular weight is 407 g/mol. The van der Waals surface area contributed by atoms with Gasteiger partial charge in [-0.1, -0.05) is 30.3 Å². The molecule has 2 atom stereocenters. The van der Waals surface area contributed by atoms with Crippen molar-refractivity contribution in [3.63, 3.8) is 0 Å². The van der Waals surface area contributed by atoms with Crippen LogP contribution in [0.1, 0.15) is 23.5 Å². The highest BCUT2D eigenvalue weighted by atomic mass is 32.2. The molecule has 0 saturated carbocycles. The topological polar surface area (TPSA) is 54.1 Å². The summed E-state index contributed by atoms with van der Waals surface area (Å²) in [5, 5.41) is 1.21. The Balaban J connectivity index is 1.42. The summed E-state index contributed by atoms with van der Waals surface area (Å²) in [6.07, 6.45) is 2.98. The van der Waals surface area contributed by atoms with Gasteiger partial charge in [0, 0.05) is 30.2 Å². The molecule has 8 heteroatoms. The molecule has 0 radical (unpaired) electrons. The van der Waals surface area contributed by atoms with Crippen molar-refractivity contribution in [2.24, 2.45) is 0 Å². The molecule has 1 fully saturated rings. The first-order chi connectivity index (χ1) is 13.4. The Kier molecular flexibility index (Phi) is 5.27. The monoisotopic (exact) mass is 407 g/mol. The molecule has 1 saturated heterocycles. The number of benzene rings is 2. The SMILES string of the molecule is [O-][S+](Nc1cccc(C2CCN(Cc3c[nH]c4ccccc34)C2)c1)C(F)(F)F. The molecule has 0 bridgehead atoms. The van der Waals surface area contributed by atoms with E-state index in [9.17, 15) is 17.7 Å². The van der Waals surface area contributed by atoms with E-state index in [0.29, 0.717) is 0 Å². The summed E-state index contributed by atoms with van der Waals surface area (Å²) in [5.41, 5.74) is -1.23. The van der Waals surface area contributed by atoms with Gasteiger partial charge in [-0.05, 0) is 48.2 Å². The molecule has 28 heavy (non-hydrogen) atoms. The van der Waals surface area contributed by atoms with Crippen molar-refractivity contribution >= 4 is 28.0 Å². The number of hydrogen-bond donors (Lipinski definition) is 2. The Morgan fingerprint density at radius 3 is 2.82 bits per heavy atom. The van der Waals surface area contributed by atoms with Crippen molar-refractivity contribution in [2.75, 3.05) is 17.8 Å². The highest BCUT2D eigenvalue weighted by Gasteiger charge is 2.46. The van der Waals surface area contributed by atoms with Crippen LogP contribution in [0.15, 0.2) is 54.7 Å². The van der Waals surface area contributed by atoms with Gasteiger partial charge in [-0.15, -0.1) is 13.2 Å². The van der Waals surface area contributed by atoms with Gasteiger partial charge in [0.2, 0.25) is 0 Å². The minimum Gasteiger partial charge on any atom is -0.586 e. The van der Waals surface area contributed by atoms with Crippen LogP contribution >= 0.6 is 0 Å². The third-order valence-electron chi connectivity index (χ3n) is 5.12. The fraction of sp³-hybridized carbons (Fsp3) is 0.300. The maximum absolute atomic E-state index is 12.5. The molecule has 4 rings (SSSR count). The minimum atomic E-state index is -4.78. The predicted molar refractivity (Wildman–Crippen MR) is 105 cm³/mol. The Labute approximate surface area is 164 Å². The standard InChI is InChI=1S/C20H20F3N3OS/c21-20(22,23)28(27)25-17-5-3-4-14(10-17)15-8-9-26(12-15)13-16-11-24-19-7-2-1-6-18(16)19/h1-7,10-11,15,24-25H,8-9,12-13H2. The van der Waals surface area contributed by atoms with Crippen molar-refractivity contribution in [3.05, 3.63) is 65.9 Å². The zero-order chi connectivity index (χ0) is 19.7. The van der Waals surface area contributed by atoms with Crippen LogP contribution in [0.2, 0.25) is 0 Å². The van der Waals surface area contributed by atoms with Crippen LogP contribution in [-0.4, -0.2) is 33.0 Å². The highest BCUT2D eigenvalue weighted by Crippen LogP contribution is 2.32. The van der Waals surface area contributed by atoms with Gasteiger partial charge in [-0.3, -0.25) is 4.90 Å². The molecule has 3 aromatic rings. The smallest absolute Gasteiger partial charge is 0.586 e. The second-order valence-electron chi connectivity index (χ2n) is 7.02. The van der Waals surface area contributed by atoms with Gasteiger partial charge < -0.3 is 9.54 Å². The zero-order valence-corrected chi connectivity index (χ0v) is 15.8. The second-order valence-corrected chi connectivity index (χ2v) is 8.23. The molecule has 0 amide bonds. The van der Waals surface area contributed by atoms with Gasteiger partial charge >= 0.3 is 5.51 Å². The molecule has 4 nitrogen and oxygen atoms in total. The van der Waals surface area contributed by atoms with E-state index >= 15 is 0 Å². The molecule has 2 N–H and O–H groups in total. The highest BCUT2D eigenvalue weighted by molar-refractivity contribution is 7.93. The van der Waals surface area contributed by atoms with Crippen molar-refractivity contribution in [2.45, 2.75) is 24.4 Å². The lowest BCUT2D eigenvalue weighted by atomic mass is 9.98. The van der Waals surface area contributed by atoms with E-state index in [2.05, 4.69) is 22.0 Å². The van der Waals surface area contributed by atoms with E-state index in [0.717, 1.165) is 37.1 Å². The van der Waals surface area contributed by atoms with Crippen molar-refractivity contribution in [3.8, 4) is 0 Å². The largest absolute Gasteiger partial charge is 0.598 e. The number of nitrogens with one attached hydrogen (secondary N) is 2. The van der Waals surface area contributed by atoms with E-state index in [1.165, 1.54) is 17.0 Å². The third-order valence-corrected chi connectivity index (χ3v) is 5.96. The minimum absolute atomic E-state index is 0.225. The van der Waals surface area contributed by atoms with Crippen LogP contribution < -0.4 is 4.72 Å². The Morgan fingerprint density at radius 1 is 1.18 bits per heavy atom.